The molecule has 430 valence electrons. The number of hydrazine groups is 1. The van der Waals surface area contributed by atoms with Crippen molar-refractivity contribution in [1.82, 2.24) is 29.5 Å². The molecule has 0 aliphatic rings. The summed E-state index contributed by atoms with van der Waals surface area (Å²) < 4.78 is 6.31. The minimum Gasteiger partial charge on any atom is -0.508 e. The van der Waals surface area contributed by atoms with E-state index in [9.17, 15) is 19.5 Å². The fraction of sp³-hybridized carbons (Fsp3) is 0.108. The normalized spacial score (nSPS) is 11.4. The lowest BCUT2D eigenvalue weighted by Crippen LogP contribution is -2.30. The number of H-pyrrole nitrogens is 1. The van der Waals surface area contributed by atoms with Crippen molar-refractivity contribution < 1.29 is 19.5 Å². The number of benzene rings is 9. The molecule has 0 aliphatic heterocycles. The van der Waals surface area contributed by atoms with Gasteiger partial charge in [-0.1, -0.05) is 92.8 Å². The van der Waals surface area contributed by atoms with Crippen molar-refractivity contribution >= 4 is 204 Å². The third-order valence-corrected chi connectivity index (χ3v) is 16.0. The summed E-state index contributed by atoms with van der Waals surface area (Å²) in [7, 11) is 0. The number of amides is 2. The number of phenolic OH excluding ortho intramolecular Hbond substituents is 1. The number of hydrogen-bond donors (Lipinski definition) is 5. The van der Waals surface area contributed by atoms with Crippen molar-refractivity contribution in [3.8, 4) is 5.75 Å². The van der Waals surface area contributed by atoms with Gasteiger partial charge in [-0.3, -0.25) is 19.8 Å². The van der Waals surface area contributed by atoms with E-state index in [1.165, 1.54) is 6.21 Å². The number of Topliss-reactive ketones (excluding diaryl/α,β-unsaturated/α-hetero) is 1. The Morgan fingerprint density at radius 3 is 1.05 bits per heavy atom. The minimum atomic E-state index is -0.201. The van der Waals surface area contributed by atoms with Crippen molar-refractivity contribution in [3.05, 3.63) is 216 Å². The molecule has 0 atom stereocenters. The first-order valence-corrected chi connectivity index (χ1v) is 29.5. The van der Waals surface area contributed by atoms with Gasteiger partial charge in [-0.05, 0) is 182 Å². The largest absolute Gasteiger partial charge is 0.508 e. The smallest absolute Gasteiger partial charge is 0.241 e. The van der Waals surface area contributed by atoms with Gasteiger partial charge in [0.2, 0.25) is 11.8 Å². The van der Waals surface area contributed by atoms with Crippen LogP contribution in [0.15, 0.2) is 175 Å². The summed E-state index contributed by atoms with van der Waals surface area (Å²) in [4.78, 5) is 38.2. The first-order chi connectivity index (χ1) is 40.9. The Balaban J connectivity index is 0.000000129. The Hall–Kier alpha value is -7.46. The molecule has 4 aromatic heterocycles. The van der Waals surface area contributed by atoms with Gasteiger partial charge in [0.25, 0.3) is 0 Å². The number of carbonyl (C=O) groups excluding carboxylic acids is 3. The van der Waals surface area contributed by atoms with Crippen LogP contribution in [0.5, 0.6) is 5.75 Å². The highest BCUT2D eigenvalue weighted by Crippen LogP contribution is 2.37. The number of aryl methyl sites for hydroxylation is 3. The molecule has 4 heterocycles. The number of nitrogens with one attached hydrogen (secondary N) is 3. The lowest BCUT2D eigenvalue weighted by Gasteiger charge is -2.07. The van der Waals surface area contributed by atoms with E-state index in [-0.39, 0.29) is 29.8 Å². The fourth-order valence-electron chi connectivity index (χ4n) is 10.3. The van der Waals surface area contributed by atoms with Crippen LogP contribution in [0.1, 0.15) is 31.7 Å². The fourth-order valence-corrected chi connectivity index (χ4v) is 11.6. The van der Waals surface area contributed by atoms with E-state index >= 15 is 0 Å². The highest BCUT2D eigenvalue weighted by molar-refractivity contribution is 6.36. The van der Waals surface area contributed by atoms with E-state index in [2.05, 4.69) is 34.6 Å². The van der Waals surface area contributed by atoms with Crippen LogP contribution in [0.4, 0.5) is 0 Å². The molecule has 0 saturated heterocycles. The number of aromatic nitrogens is 4. The number of halogens is 8. The standard InChI is InChI=1S/C22H17Cl2N3O2.C16H13Cl2NO.C15H13Cl2N3O.C12H7Cl2N/c23-15-3-7-20-18(11-15)19-12-16(24)4-8-21(19)27(20)10-9-22(29)26-25-13-14-1-5-17(28)6-2-14;1-10(20)6-7-19-15-4-2-11(17)8-13(15)14-9-12(18)3-5-16(14)19;16-9-1-3-13-11(7-9)12-8-10(17)2-4-14(12)20(13)6-5-15(21)19-18;13-7-1-3-11-9(5-7)10-6-8(14)2-4-12(10)15-11/h1-8,11-13,28H,9-10H2,(H,26,29);2-5,8-9H,6-7H2,1H3;1-4,7-8H,5-6,18H2,(H,19,21);1-6,15H/b25-13+;;;. The van der Waals surface area contributed by atoms with E-state index in [0.717, 1.165) is 103 Å². The molecule has 2 amide bonds. The maximum absolute atomic E-state index is 12.2. The molecular weight excluding hydrogens is 1240 g/mol. The number of hydrogen-bond acceptors (Lipinski definition) is 6. The maximum Gasteiger partial charge on any atom is 0.241 e. The first kappa shape index (κ1) is 60.7. The highest BCUT2D eigenvalue weighted by atomic mass is 35.5. The number of ketones is 1. The lowest BCUT2D eigenvalue weighted by atomic mass is 10.1. The van der Waals surface area contributed by atoms with Crippen LogP contribution in [-0.4, -0.2) is 47.6 Å². The van der Waals surface area contributed by atoms with Crippen molar-refractivity contribution in [2.45, 2.75) is 45.8 Å². The highest BCUT2D eigenvalue weighted by Gasteiger charge is 2.16. The van der Waals surface area contributed by atoms with Crippen LogP contribution >= 0.6 is 92.8 Å². The summed E-state index contributed by atoms with van der Waals surface area (Å²) in [5.74, 6) is 5.10. The van der Waals surface area contributed by atoms with Gasteiger partial charge in [0.1, 0.15) is 11.5 Å². The molecule has 0 aliphatic carbocycles. The molecule has 9 aromatic carbocycles. The van der Waals surface area contributed by atoms with Crippen molar-refractivity contribution in [2.75, 3.05) is 0 Å². The number of hydrazone groups is 1. The Morgan fingerprint density at radius 2 is 0.729 bits per heavy atom. The second kappa shape index (κ2) is 26.9. The zero-order chi connectivity index (χ0) is 60.1. The predicted octanol–water partition coefficient (Wildman–Crippen LogP) is 18.5. The summed E-state index contributed by atoms with van der Waals surface area (Å²) in [6, 6.07) is 52.5. The van der Waals surface area contributed by atoms with Crippen LogP contribution in [-0.2, 0) is 34.0 Å². The van der Waals surface area contributed by atoms with E-state index in [1.54, 1.807) is 31.2 Å². The molecule has 85 heavy (non-hydrogen) atoms. The number of aromatic amines is 1. The molecule has 0 unspecified atom stereocenters. The van der Waals surface area contributed by atoms with E-state index in [0.29, 0.717) is 62.6 Å². The summed E-state index contributed by atoms with van der Waals surface area (Å²) in [5, 5.41) is 27.2. The number of phenols is 1. The molecule has 0 bridgehead atoms. The van der Waals surface area contributed by atoms with Gasteiger partial charge in [0, 0.05) is 166 Å². The van der Waals surface area contributed by atoms with Gasteiger partial charge in [0.15, 0.2) is 0 Å². The number of nitrogens with zero attached hydrogens (tertiary/aromatic N) is 4. The summed E-state index contributed by atoms with van der Waals surface area (Å²) in [5.41, 5.74) is 13.8. The Kier molecular flexibility index (Phi) is 19.2. The lowest BCUT2D eigenvalue weighted by molar-refractivity contribution is -0.122. The number of fused-ring (bicyclic) bond motifs is 12. The van der Waals surface area contributed by atoms with E-state index in [1.807, 2.05) is 146 Å². The van der Waals surface area contributed by atoms with Gasteiger partial charge in [-0.25, -0.2) is 11.3 Å². The Morgan fingerprint density at radius 1 is 0.435 bits per heavy atom. The first-order valence-electron chi connectivity index (χ1n) is 26.5. The molecular formula is C65H50Cl8N8O4. The molecule has 13 rings (SSSR count). The minimum absolute atomic E-state index is 0.180. The zero-order valence-electron chi connectivity index (χ0n) is 45.0. The number of aromatic hydroxyl groups is 1. The van der Waals surface area contributed by atoms with Gasteiger partial charge in [-0.15, -0.1) is 0 Å². The van der Waals surface area contributed by atoms with Gasteiger partial charge >= 0.3 is 0 Å². The van der Waals surface area contributed by atoms with Crippen LogP contribution in [0, 0.1) is 0 Å². The monoisotopic (exact) mass is 1290 g/mol. The molecule has 0 saturated carbocycles. The van der Waals surface area contributed by atoms with Gasteiger partial charge in [0.05, 0.1) is 6.21 Å². The van der Waals surface area contributed by atoms with E-state index in [4.69, 9.17) is 98.7 Å². The van der Waals surface area contributed by atoms with Crippen molar-refractivity contribution in [1.29, 1.82) is 0 Å². The Labute approximate surface area is 527 Å². The predicted molar refractivity (Wildman–Crippen MR) is 355 cm³/mol. The van der Waals surface area contributed by atoms with Crippen LogP contribution < -0.4 is 16.7 Å². The van der Waals surface area contributed by atoms with Crippen molar-refractivity contribution in [2.24, 2.45) is 10.9 Å². The third-order valence-electron chi connectivity index (χ3n) is 14.2. The number of rotatable bonds is 11. The maximum atomic E-state index is 12.2. The SMILES string of the molecule is CC(=O)CCn1c2ccc(Cl)cc2c2cc(Cl)ccc21.Clc1ccc2[nH]c3ccc(Cl)cc3c2c1.NNC(=O)CCn1c2ccc(Cl)cc2c2cc(Cl)ccc21.O=C(CCn1c2ccc(Cl)cc2c2cc(Cl)ccc21)N/N=C/c1ccc(O)cc1. The molecule has 0 fully saturated rings. The summed E-state index contributed by atoms with van der Waals surface area (Å²) in [6.07, 6.45) is 2.61. The molecule has 12 nitrogen and oxygen atoms in total. The number of nitrogens with two attached hydrogens (primary N) is 1. The molecule has 20 heteroatoms. The van der Waals surface area contributed by atoms with Crippen LogP contribution in [0.2, 0.25) is 40.2 Å². The average molecular weight is 1290 g/mol. The second-order valence-corrected chi connectivity index (χ2v) is 23.3. The van der Waals surface area contributed by atoms with Crippen LogP contribution in [0.25, 0.3) is 87.2 Å². The summed E-state index contributed by atoms with van der Waals surface area (Å²) >= 11 is 48.7. The second-order valence-electron chi connectivity index (χ2n) is 19.8. The summed E-state index contributed by atoms with van der Waals surface area (Å²) in [6.45, 7) is 3.30. The number of carbonyl (C=O) groups is 3. The quantitative estimate of drug-likeness (QED) is 0.0376. The molecule has 13 aromatic rings. The zero-order valence-corrected chi connectivity index (χ0v) is 51.1. The van der Waals surface area contributed by atoms with Gasteiger partial charge in [-0.2, -0.15) is 5.10 Å². The van der Waals surface area contributed by atoms with Crippen molar-refractivity contribution in [3.63, 3.8) is 0 Å². The Bertz CT molecular complexity index is 4490. The molecule has 6 N–H and O–H groups in total. The van der Waals surface area contributed by atoms with Gasteiger partial charge < -0.3 is 23.8 Å². The average Bonchev–Trinajstić information content (AvgIpc) is 2.72. The third kappa shape index (κ3) is 14.1. The van der Waals surface area contributed by atoms with E-state index < -0.39 is 0 Å². The topological polar surface area (TPSA) is 164 Å². The van der Waals surface area contributed by atoms with Crippen LogP contribution in [0.3, 0.4) is 0 Å². The molecule has 0 radical (unpaired) electrons. The molecule has 0 spiro atoms.